The molecule has 1 atom stereocenters. The second kappa shape index (κ2) is 8.10. The smallest absolute Gasteiger partial charge is 0.260 e. The van der Waals surface area contributed by atoms with Crippen molar-refractivity contribution < 1.29 is 14.3 Å². The summed E-state index contributed by atoms with van der Waals surface area (Å²) in [6.07, 6.45) is 2.59. The van der Waals surface area contributed by atoms with Gasteiger partial charge < -0.3 is 10.1 Å². The van der Waals surface area contributed by atoms with Crippen LogP contribution in [0.2, 0.25) is 0 Å². The minimum absolute atomic E-state index is 0.102. The summed E-state index contributed by atoms with van der Waals surface area (Å²) in [6.45, 7) is 3.13. The van der Waals surface area contributed by atoms with Crippen molar-refractivity contribution in [3.63, 3.8) is 0 Å². The van der Waals surface area contributed by atoms with Crippen molar-refractivity contribution in [1.29, 1.82) is 0 Å². The molecule has 0 fully saturated rings. The van der Waals surface area contributed by atoms with E-state index in [1.807, 2.05) is 31.2 Å². The van der Waals surface area contributed by atoms with E-state index < -0.39 is 6.04 Å². The van der Waals surface area contributed by atoms with Crippen LogP contribution in [0.4, 0.5) is 5.69 Å². The lowest BCUT2D eigenvalue weighted by Crippen LogP contribution is -2.33. The van der Waals surface area contributed by atoms with Gasteiger partial charge in [0.1, 0.15) is 0 Å². The van der Waals surface area contributed by atoms with E-state index in [0.29, 0.717) is 24.4 Å². The fourth-order valence-electron chi connectivity index (χ4n) is 3.21. The summed E-state index contributed by atoms with van der Waals surface area (Å²) in [6, 6.07) is 10.8. The summed E-state index contributed by atoms with van der Waals surface area (Å²) in [7, 11) is 1.63. The molecule has 0 bridgehead atoms. The van der Waals surface area contributed by atoms with Gasteiger partial charge in [0.25, 0.3) is 5.91 Å². The highest BCUT2D eigenvalue weighted by molar-refractivity contribution is 6.11. The molecule has 0 saturated heterocycles. The lowest BCUT2D eigenvalue weighted by molar-refractivity contribution is -0.121. The number of benzene rings is 1. The first kappa shape index (κ1) is 18.1. The highest BCUT2D eigenvalue weighted by Gasteiger charge is 2.39. The van der Waals surface area contributed by atoms with Crippen molar-refractivity contribution in [3.05, 3.63) is 59.4 Å². The first-order valence-electron chi connectivity index (χ1n) is 8.72. The molecule has 1 unspecified atom stereocenters. The van der Waals surface area contributed by atoms with Gasteiger partial charge in [-0.3, -0.25) is 19.5 Å². The third kappa shape index (κ3) is 3.75. The molecule has 0 spiro atoms. The molecule has 6 nitrogen and oxygen atoms in total. The number of aromatic nitrogens is 1. The zero-order chi connectivity index (χ0) is 18.5. The molecule has 0 saturated carbocycles. The SMILES string of the molecule is COCCCNC(=O)CC1c2ncccc2C(=O)N1c1cccc(C)c1. The predicted molar refractivity (Wildman–Crippen MR) is 99.1 cm³/mol. The normalized spacial score (nSPS) is 15.8. The monoisotopic (exact) mass is 353 g/mol. The highest BCUT2D eigenvalue weighted by atomic mass is 16.5. The van der Waals surface area contributed by atoms with E-state index in [0.717, 1.165) is 17.7 Å². The van der Waals surface area contributed by atoms with Crippen molar-refractivity contribution in [1.82, 2.24) is 10.3 Å². The summed E-state index contributed by atoms with van der Waals surface area (Å²) < 4.78 is 4.99. The van der Waals surface area contributed by atoms with E-state index in [-0.39, 0.29) is 18.2 Å². The molecule has 1 N–H and O–H groups in total. The second-order valence-electron chi connectivity index (χ2n) is 6.37. The number of aryl methyl sites for hydroxylation is 1. The minimum atomic E-state index is -0.400. The van der Waals surface area contributed by atoms with Crippen LogP contribution < -0.4 is 10.2 Å². The quantitative estimate of drug-likeness (QED) is 0.777. The lowest BCUT2D eigenvalue weighted by atomic mass is 10.1. The van der Waals surface area contributed by atoms with Gasteiger partial charge in [0.05, 0.1) is 23.7 Å². The van der Waals surface area contributed by atoms with E-state index >= 15 is 0 Å². The predicted octanol–water partition coefficient (Wildman–Crippen LogP) is 2.63. The average molecular weight is 353 g/mol. The zero-order valence-electron chi connectivity index (χ0n) is 15.1. The van der Waals surface area contributed by atoms with Gasteiger partial charge in [-0.05, 0) is 43.2 Å². The van der Waals surface area contributed by atoms with Crippen LogP contribution in [0.1, 0.15) is 40.5 Å². The van der Waals surface area contributed by atoms with Gasteiger partial charge in [0, 0.05) is 32.1 Å². The van der Waals surface area contributed by atoms with Gasteiger partial charge in [-0.15, -0.1) is 0 Å². The molecule has 1 aliphatic rings. The molecule has 136 valence electrons. The number of pyridine rings is 1. The Morgan fingerprint density at radius 3 is 2.92 bits per heavy atom. The second-order valence-corrected chi connectivity index (χ2v) is 6.37. The number of nitrogens with one attached hydrogen (secondary N) is 1. The maximum atomic E-state index is 12.9. The summed E-state index contributed by atoms with van der Waals surface area (Å²) in [5.74, 6) is -0.217. The van der Waals surface area contributed by atoms with Crippen molar-refractivity contribution in [2.24, 2.45) is 0 Å². The van der Waals surface area contributed by atoms with Crippen molar-refractivity contribution in [2.45, 2.75) is 25.8 Å². The Kier molecular flexibility index (Phi) is 5.63. The maximum absolute atomic E-state index is 12.9. The molecular weight excluding hydrogens is 330 g/mol. The van der Waals surface area contributed by atoms with Crippen LogP contribution in [-0.2, 0) is 9.53 Å². The van der Waals surface area contributed by atoms with Gasteiger partial charge >= 0.3 is 0 Å². The molecule has 0 aliphatic carbocycles. The molecule has 0 radical (unpaired) electrons. The third-order valence-corrected chi connectivity index (χ3v) is 4.42. The van der Waals surface area contributed by atoms with E-state index in [9.17, 15) is 9.59 Å². The summed E-state index contributed by atoms with van der Waals surface area (Å²) in [5, 5.41) is 2.89. The Morgan fingerprint density at radius 2 is 2.15 bits per heavy atom. The number of ether oxygens (including phenoxy) is 1. The number of anilines is 1. The Balaban J connectivity index is 1.83. The highest BCUT2D eigenvalue weighted by Crippen LogP contribution is 2.38. The molecule has 2 aromatic rings. The van der Waals surface area contributed by atoms with Gasteiger partial charge in [0.2, 0.25) is 5.91 Å². The van der Waals surface area contributed by atoms with Crippen molar-refractivity contribution in [2.75, 3.05) is 25.2 Å². The number of carbonyl (C=O) groups excluding carboxylic acids is 2. The van der Waals surface area contributed by atoms with E-state index in [1.54, 1.807) is 30.3 Å². The Hall–Kier alpha value is -2.73. The number of fused-ring (bicyclic) bond motifs is 1. The van der Waals surface area contributed by atoms with Gasteiger partial charge in [-0.2, -0.15) is 0 Å². The molecule has 1 aromatic heterocycles. The number of amides is 2. The van der Waals surface area contributed by atoms with Gasteiger partial charge in [-0.1, -0.05) is 12.1 Å². The molecule has 1 aliphatic heterocycles. The first-order chi connectivity index (χ1) is 12.6. The van der Waals surface area contributed by atoms with Crippen LogP contribution in [0.5, 0.6) is 0 Å². The minimum Gasteiger partial charge on any atom is -0.385 e. The third-order valence-electron chi connectivity index (χ3n) is 4.42. The Morgan fingerprint density at radius 1 is 1.31 bits per heavy atom. The topological polar surface area (TPSA) is 71.5 Å². The average Bonchev–Trinajstić information content (AvgIpc) is 2.91. The number of methoxy groups -OCH3 is 1. The Labute approximate surface area is 153 Å². The molecule has 2 amide bonds. The molecule has 6 heteroatoms. The lowest BCUT2D eigenvalue weighted by Gasteiger charge is -2.25. The summed E-state index contributed by atoms with van der Waals surface area (Å²) in [4.78, 5) is 31.4. The number of nitrogens with zero attached hydrogens (tertiary/aromatic N) is 2. The van der Waals surface area contributed by atoms with Crippen molar-refractivity contribution in [3.8, 4) is 0 Å². The molecule has 26 heavy (non-hydrogen) atoms. The van der Waals surface area contributed by atoms with Crippen LogP contribution in [0, 0.1) is 6.92 Å². The standard InChI is InChI=1S/C20H23N3O3/c1-14-6-3-7-15(12-14)23-17(13-18(24)21-10-5-11-26-2)19-16(20(23)25)8-4-9-22-19/h3-4,6-9,12,17H,5,10-11,13H2,1-2H3,(H,21,24). The largest absolute Gasteiger partial charge is 0.385 e. The molecular formula is C20H23N3O3. The molecule has 3 rings (SSSR count). The van der Waals surface area contributed by atoms with Gasteiger partial charge in [0.15, 0.2) is 0 Å². The summed E-state index contributed by atoms with van der Waals surface area (Å²) >= 11 is 0. The number of rotatable bonds is 7. The van der Waals surface area contributed by atoms with Crippen molar-refractivity contribution >= 4 is 17.5 Å². The van der Waals surface area contributed by atoms with E-state index in [2.05, 4.69) is 10.3 Å². The van der Waals surface area contributed by atoms with Crippen LogP contribution >= 0.6 is 0 Å². The maximum Gasteiger partial charge on any atom is 0.260 e. The number of hydrogen-bond acceptors (Lipinski definition) is 4. The van der Waals surface area contributed by atoms with E-state index in [1.165, 1.54) is 0 Å². The fourth-order valence-corrected chi connectivity index (χ4v) is 3.21. The van der Waals surface area contributed by atoms with Crippen LogP contribution in [0.3, 0.4) is 0 Å². The Bertz CT molecular complexity index is 806. The van der Waals surface area contributed by atoms with Crippen LogP contribution in [-0.4, -0.2) is 37.1 Å². The van der Waals surface area contributed by atoms with Crippen LogP contribution in [0.15, 0.2) is 42.6 Å². The van der Waals surface area contributed by atoms with Gasteiger partial charge in [-0.25, -0.2) is 0 Å². The number of carbonyl (C=O) groups is 2. The molecule has 2 heterocycles. The molecule has 1 aromatic carbocycles. The first-order valence-corrected chi connectivity index (χ1v) is 8.72. The van der Waals surface area contributed by atoms with Crippen LogP contribution in [0.25, 0.3) is 0 Å². The fraction of sp³-hybridized carbons (Fsp3) is 0.350. The summed E-state index contributed by atoms with van der Waals surface area (Å²) in [5.41, 5.74) is 3.06. The van der Waals surface area contributed by atoms with E-state index in [4.69, 9.17) is 4.74 Å². The zero-order valence-corrected chi connectivity index (χ0v) is 15.1. The number of hydrogen-bond donors (Lipinski definition) is 1.